The van der Waals surface area contributed by atoms with Crippen LogP contribution in [-0.4, -0.2) is 68.2 Å². The molecule has 0 aromatic heterocycles. The third-order valence-corrected chi connectivity index (χ3v) is 8.47. The largest absolute Gasteiger partial charge is 0.330 e. The number of sulfonamides is 1. The van der Waals surface area contributed by atoms with Crippen molar-refractivity contribution in [2.24, 2.45) is 0 Å². The molecule has 0 spiro atoms. The Balaban J connectivity index is 1.45. The summed E-state index contributed by atoms with van der Waals surface area (Å²) in [5, 5.41) is 0. The highest BCUT2D eigenvalue weighted by atomic mass is 32.2. The molecule has 33 heavy (non-hydrogen) atoms. The highest BCUT2D eigenvalue weighted by Gasteiger charge is 2.29. The quantitative estimate of drug-likeness (QED) is 0.628. The number of benzene rings is 2. The SMILES string of the molecule is CN1CCN(C(=O)C=Cc2ccc(S(=O)(=O)N3CCCCCC3)cc2)C(c2ccccc2)C1. The monoisotopic (exact) mass is 467 g/mol. The molecule has 2 fully saturated rings. The van der Waals surface area contributed by atoms with E-state index in [4.69, 9.17) is 0 Å². The topological polar surface area (TPSA) is 60.9 Å². The van der Waals surface area contributed by atoms with E-state index in [0.717, 1.165) is 49.9 Å². The fraction of sp³-hybridized carbons (Fsp3) is 0.423. The second kappa shape index (κ2) is 10.6. The maximum atomic E-state index is 13.0. The van der Waals surface area contributed by atoms with Crippen LogP contribution in [0.1, 0.15) is 42.9 Å². The van der Waals surface area contributed by atoms with Crippen LogP contribution in [0.25, 0.3) is 6.08 Å². The number of hydrogen-bond acceptors (Lipinski definition) is 4. The van der Waals surface area contributed by atoms with Gasteiger partial charge >= 0.3 is 0 Å². The molecule has 1 atom stereocenters. The molecule has 0 bridgehead atoms. The van der Waals surface area contributed by atoms with E-state index in [1.54, 1.807) is 40.7 Å². The summed E-state index contributed by atoms with van der Waals surface area (Å²) in [7, 11) is -1.39. The van der Waals surface area contributed by atoms with Crippen LogP contribution in [0.15, 0.2) is 65.6 Å². The lowest BCUT2D eigenvalue weighted by Gasteiger charge is -2.40. The van der Waals surface area contributed by atoms with Crippen LogP contribution in [0.3, 0.4) is 0 Å². The summed E-state index contributed by atoms with van der Waals surface area (Å²) in [6, 6.07) is 17.0. The molecule has 1 amide bonds. The van der Waals surface area contributed by atoms with Crippen molar-refractivity contribution in [3.63, 3.8) is 0 Å². The molecule has 176 valence electrons. The van der Waals surface area contributed by atoms with Gasteiger partial charge in [0, 0.05) is 38.8 Å². The van der Waals surface area contributed by atoms with Crippen molar-refractivity contribution in [1.29, 1.82) is 0 Å². The number of nitrogens with zero attached hydrogens (tertiary/aromatic N) is 3. The maximum Gasteiger partial charge on any atom is 0.247 e. The van der Waals surface area contributed by atoms with E-state index < -0.39 is 10.0 Å². The third kappa shape index (κ3) is 5.72. The Bertz CT molecular complexity index is 1060. The second-order valence-electron chi connectivity index (χ2n) is 8.94. The van der Waals surface area contributed by atoms with Gasteiger partial charge in [-0.2, -0.15) is 4.31 Å². The first-order valence-electron chi connectivity index (χ1n) is 11.8. The van der Waals surface area contributed by atoms with Gasteiger partial charge in [-0.25, -0.2) is 8.42 Å². The van der Waals surface area contributed by atoms with E-state index in [-0.39, 0.29) is 11.9 Å². The number of likely N-dealkylation sites (N-methyl/N-ethyl adjacent to an activating group) is 1. The smallest absolute Gasteiger partial charge is 0.247 e. The molecule has 2 aromatic carbocycles. The first kappa shape index (κ1) is 23.7. The second-order valence-corrected chi connectivity index (χ2v) is 10.9. The minimum atomic E-state index is -3.46. The molecule has 1 unspecified atom stereocenters. The Labute approximate surface area is 197 Å². The normalized spacial score (nSPS) is 21.2. The van der Waals surface area contributed by atoms with Crippen molar-refractivity contribution in [3.8, 4) is 0 Å². The Morgan fingerprint density at radius 2 is 1.55 bits per heavy atom. The van der Waals surface area contributed by atoms with Gasteiger partial charge in [0.25, 0.3) is 0 Å². The van der Waals surface area contributed by atoms with Crippen molar-refractivity contribution < 1.29 is 13.2 Å². The molecule has 2 aromatic rings. The standard InChI is InChI=1S/C26H33N3O3S/c1-27-19-20-29(25(21-27)23-9-5-4-6-10-23)26(30)16-13-22-11-14-24(15-12-22)33(31,32)28-17-7-2-3-8-18-28/h4-6,9-16,25H,2-3,7-8,17-21H2,1H3. The highest BCUT2D eigenvalue weighted by Crippen LogP contribution is 2.25. The van der Waals surface area contributed by atoms with Gasteiger partial charge in [0.1, 0.15) is 0 Å². The van der Waals surface area contributed by atoms with Crippen molar-refractivity contribution in [2.75, 3.05) is 39.8 Å². The number of rotatable bonds is 5. The summed E-state index contributed by atoms with van der Waals surface area (Å²) in [6.07, 6.45) is 7.37. The Hall–Kier alpha value is -2.48. The van der Waals surface area contributed by atoms with Gasteiger partial charge in [0.2, 0.25) is 15.9 Å². The number of amides is 1. The zero-order valence-electron chi connectivity index (χ0n) is 19.3. The van der Waals surface area contributed by atoms with Crippen LogP contribution in [-0.2, 0) is 14.8 Å². The molecular weight excluding hydrogens is 434 g/mol. The molecule has 0 aliphatic carbocycles. The molecule has 2 aliphatic rings. The summed E-state index contributed by atoms with van der Waals surface area (Å²) >= 11 is 0. The summed E-state index contributed by atoms with van der Waals surface area (Å²) in [5.41, 5.74) is 1.94. The number of carbonyl (C=O) groups excluding carboxylic acids is 1. The first-order chi connectivity index (χ1) is 15.9. The van der Waals surface area contributed by atoms with Crippen LogP contribution in [0.2, 0.25) is 0 Å². The first-order valence-corrected chi connectivity index (χ1v) is 13.2. The molecule has 6 nitrogen and oxygen atoms in total. The molecule has 2 heterocycles. The molecular formula is C26H33N3O3S. The maximum absolute atomic E-state index is 13.0. The van der Waals surface area contributed by atoms with E-state index in [9.17, 15) is 13.2 Å². The molecule has 0 N–H and O–H groups in total. The average Bonchev–Trinajstić information content (AvgIpc) is 3.14. The van der Waals surface area contributed by atoms with E-state index in [1.807, 2.05) is 23.1 Å². The van der Waals surface area contributed by atoms with Gasteiger partial charge in [0.15, 0.2) is 0 Å². The number of carbonyl (C=O) groups is 1. The van der Waals surface area contributed by atoms with Crippen LogP contribution in [0.5, 0.6) is 0 Å². The Morgan fingerprint density at radius 3 is 2.21 bits per heavy atom. The zero-order valence-corrected chi connectivity index (χ0v) is 20.1. The van der Waals surface area contributed by atoms with Gasteiger partial charge in [-0.1, -0.05) is 55.3 Å². The zero-order chi connectivity index (χ0) is 23.3. The van der Waals surface area contributed by atoms with Gasteiger partial charge < -0.3 is 9.80 Å². The predicted octanol–water partition coefficient (Wildman–Crippen LogP) is 3.78. The molecule has 0 saturated carbocycles. The lowest BCUT2D eigenvalue weighted by Crippen LogP contribution is -2.48. The summed E-state index contributed by atoms with van der Waals surface area (Å²) in [5.74, 6) is -0.0294. The molecule has 2 saturated heterocycles. The molecule has 2 aliphatic heterocycles. The van der Waals surface area contributed by atoms with Gasteiger partial charge in [0.05, 0.1) is 10.9 Å². The van der Waals surface area contributed by atoms with Crippen LogP contribution < -0.4 is 0 Å². The molecule has 4 rings (SSSR count). The third-order valence-electron chi connectivity index (χ3n) is 6.55. The van der Waals surface area contributed by atoms with E-state index >= 15 is 0 Å². The number of piperazine rings is 1. The number of hydrogen-bond donors (Lipinski definition) is 0. The minimum absolute atomic E-state index is 0.0169. The van der Waals surface area contributed by atoms with Crippen LogP contribution >= 0.6 is 0 Å². The van der Waals surface area contributed by atoms with Crippen LogP contribution in [0.4, 0.5) is 0 Å². The minimum Gasteiger partial charge on any atom is -0.330 e. The van der Waals surface area contributed by atoms with Crippen molar-refractivity contribution >= 4 is 22.0 Å². The fourth-order valence-electron chi connectivity index (χ4n) is 4.59. The molecule has 7 heteroatoms. The summed E-state index contributed by atoms with van der Waals surface area (Å²) < 4.78 is 27.5. The average molecular weight is 468 g/mol. The van der Waals surface area contributed by atoms with E-state index in [0.29, 0.717) is 24.5 Å². The summed E-state index contributed by atoms with van der Waals surface area (Å²) in [6.45, 7) is 3.49. The Morgan fingerprint density at radius 1 is 0.879 bits per heavy atom. The van der Waals surface area contributed by atoms with E-state index in [1.165, 1.54) is 0 Å². The van der Waals surface area contributed by atoms with Gasteiger partial charge in [-0.05, 0) is 49.2 Å². The van der Waals surface area contributed by atoms with E-state index in [2.05, 4.69) is 24.1 Å². The summed E-state index contributed by atoms with van der Waals surface area (Å²) in [4.78, 5) is 17.5. The lowest BCUT2D eigenvalue weighted by atomic mass is 10.0. The molecule has 0 radical (unpaired) electrons. The van der Waals surface area contributed by atoms with Crippen molar-refractivity contribution in [3.05, 3.63) is 71.8 Å². The van der Waals surface area contributed by atoms with Crippen molar-refractivity contribution in [1.82, 2.24) is 14.1 Å². The predicted molar refractivity (Wildman–Crippen MR) is 131 cm³/mol. The van der Waals surface area contributed by atoms with Gasteiger partial charge in [-0.3, -0.25) is 4.79 Å². The Kier molecular flexibility index (Phi) is 7.63. The highest BCUT2D eigenvalue weighted by molar-refractivity contribution is 7.89. The van der Waals surface area contributed by atoms with Crippen LogP contribution in [0, 0.1) is 0 Å². The lowest BCUT2D eigenvalue weighted by molar-refractivity contribution is -0.130. The van der Waals surface area contributed by atoms with Gasteiger partial charge in [-0.15, -0.1) is 0 Å². The van der Waals surface area contributed by atoms with Crippen molar-refractivity contribution in [2.45, 2.75) is 36.6 Å². The fourth-order valence-corrected chi connectivity index (χ4v) is 6.11.